The van der Waals surface area contributed by atoms with E-state index in [0.717, 1.165) is 19.5 Å². The van der Waals surface area contributed by atoms with Crippen LogP contribution >= 0.6 is 12.4 Å². The summed E-state index contributed by atoms with van der Waals surface area (Å²) >= 11 is 0. The molecule has 0 aromatic rings. The Morgan fingerprint density at radius 3 is 2.70 bits per heavy atom. The van der Waals surface area contributed by atoms with E-state index >= 15 is 0 Å². The average molecular weight is 169 g/mol. The van der Waals surface area contributed by atoms with E-state index in [0.29, 0.717) is 6.54 Å². The summed E-state index contributed by atoms with van der Waals surface area (Å²) in [5.41, 5.74) is 5.59. The molecule has 0 radical (unpaired) electrons. The summed E-state index contributed by atoms with van der Waals surface area (Å²) in [4.78, 5) is 2.06. The molecule has 1 heterocycles. The predicted octanol–water partition coefficient (Wildman–Crippen LogP) is 0.411. The Hall–Kier alpha value is 0.140. The first kappa shape index (κ1) is 10.1. The van der Waals surface area contributed by atoms with Gasteiger partial charge in [-0.15, -0.1) is 12.4 Å². The fourth-order valence-electron chi connectivity index (χ4n) is 1.19. The summed E-state index contributed by atoms with van der Waals surface area (Å²) in [5.74, 6) is 0. The second-order valence-corrected chi connectivity index (χ2v) is 2.54. The maximum atomic E-state index is 11.7. The van der Waals surface area contributed by atoms with Crippen molar-refractivity contribution >= 4 is 12.4 Å². The van der Waals surface area contributed by atoms with Crippen LogP contribution in [0.25, 0.3) is 0 Å². The molecule has 2 N–H and O–H groups in total. The third-order valence-electron chi connectivity index (χ3n) is 1.71. The SMILES string of the molecule is Cl.N[C@@H]1CCN(CCF)C1. The van der Waals surface area contributed by atoms with Gasteiger partial charge in [-0.2, -0.15) is 0 Å². The number of alkyl halides is 1. The van der Waals surface area contributed by atoms with Gasteiger partial charge < -0.3 is 5.73 Å². The molecule has 1 aliphatic rings. The third kappa shape index (κ3) is 2.82. The van der Waals surface area contributed by atoms with Crippen molar-refractivity contribution in [1.82, 2.24) is 4.90 Å². The van der Waals surface area contributed by atoms with E-state index in [1.807, 2.05) is 0 Å². The molecule has 0 amide bonds. The van der Waals surface area contributed by atoms with Crippen LogP contribution in [0.1, 0.15) is 6.42 Å². The lowest BCUT2D eigenvalue weighted by Gasteiger charge is -2.10. The summed E-state index contributed by atoms with van der Waals surface area (Å²) in [6.07, 6.45) is 1.03. The normalized spacial score (nSPS) is 26.4. The second kappa shape index (κ2) is 4.88. The van der Waals surface area contributed by atoms with Crippen molar-refractivity contribution in [2.45, 2.75) is 12.5 Å². The second-order valence-electron chi connectivity index (χ2n) is 2.54. The number of halogens is 2. The van der Waals surface area contributed by atoms with Crippen LogP contribution in [-0.4, -0.2) is 37.3 Å². The molecule has 1 aliphatic heterocycles. The van der Waals surface area contributed by atoms with Crippen LogP contribution in [0.3, 0.4) is 0 Å². The number of rotatable bonds is 2. The number of hydrogen-bond acceptors (Lipinski definition) is 2. The number of nitrogens with zero attached hydrogens (tertiary/aromatic N) is 1. The van der Waals surface area contributed by atoms with Crippen LogP contribution in [0.4, 0.5) is 4.39 Å². The molecule has 0 aromatic heterocycles. The van der Waals surface area contributed by atoms with E-state index in [9.17, 15) is 4.39 Å². The fraction of sp³-hybridized carbons (Fsp3) is 1.00. The molecular weight excluding hydrogens is 155 g/mol. The van der Waals surface area contributed by atoms with Gasteiger partial charge in [-0.05, 0) is 13.0 Å². The molecule has 0 unspecified atom stereocenters. The van der Waals surface area contributed by atoms with E-state index in [-0.39, 0.29) is 25.1 Å². The van der Waals surface area contributed by atoms with Crippen LogP contribution in [0, 0.1) is 0 Å². The standard InChI is InChI=1S/C6H13FN2.ClH/c7-2-4-9-3-1-6(8)5-9;/h6H,1-5,8H2;1H/t6-;/m1./s1. The zero-order chi connectivity index (χ0) is 6.69. The first-order valence-corrected chi connectivity index (χ1v) is 3.37. The average Bonchev–Trinajstić information content (AvgIpc) is 2.17. The van der Waals surface area contributed by atoms with E-state index < -0.39 is 0 Å². The van der Waals surface area contributed by atoms with Crippen molar-refractivity contribution in [1.29, 1.82) is 0 Å². The van der Waals surface area contributed by atoms with E-state index in [1.54, 1.807) is 0 Å². The van der Waals surface area contributed by atoms with Gasteiger partial charge in [-0.25, -0.2) is 4.39 Å². The minimum Gasteiger partial charge on any atom is -0.326 e. The van der Waals surface area contributed by atoms with Crippen molar-refractivity contribution in [3.63, 3.8) is 0 Å². The zero-order valence-electron chi connectivity index (χ0n) is 5.92. The van der Waals surface area contributed by atoms with E-state index in [4.69, 9.17) is 5.73 Å². The molecule has 0 aliphatic carbocycles. The highest BCUT2D eigenvalue weighted by atomic mass is 35.5. The van der Waals surface area contributed by atoms with Gasteiger partial charge in [0.1, 0.15) is 6.67 Å². The lowest BCUT2D eigenvalue weighted by Crippen LogP contribution is -2.27. The molecular formula is C6H14ClFN2. The predicted molar refractivity (Wildman–Crippen MR) is 42.3 cm³/mol. The monoisotopic (exact) mass is 168 g/mol. The van der Waals surface area contributed by atoms with Crippen LogP contribution in [0.15, 0.2) is 0 Å². The Balaban J connectivity index is 0.000000810. The Kier molecular flexibility index (Phi) is 4.95. The van der Waals surface area contributed by atoms with Gasteiger partial charge in [0.25, 0.3) is 0 Å². The minimum absolute atomic E-state index is 0. The van der Waals surface area contributed by atoms with Crippen LogP contribution < -0.4 is 5.73 Å². The highest BCUT2D eigenvalue weighted by Crippen LogP contribution is 2.05. The zero-order valence-corrected chi connectivity index (χ0v) is 6.74. The van der Waals surface area contributed by atoms with Crippen LogP contribution in [-0.2, 0) is 0 Å². The topological polar surface area (TPSA) is 29.3 Å². The maximum absolute atomic E-state index is 11.7. The van der Waals surface area contributed by atoms with Crippen LogP contribution in [0.2, 0.25) is 0 Å². The van der Waals surface area contributed by atoms with Crippen molar-refractivity contribution in [2.24, 2.45) is 5.73 Å². The number of likely N-dealkylation sites (tertiary alicyclic amines) is 1. The van der Waals surface area contributed by atoms with Gasteiger partial charge in [0.2, 0.25) is 0 Å². The summed E-state index contributed by atoms with van der Waals surface area (Å²) < 4.78 is 11.7. The Morgan fingerprint density at radius 2 is 2.30 bits per heavy atom. The first-order chi connectivity index (χ1) is 4.33. The van der Waals surface area contributed by atoms with Gasteiger partial charge in [-0.1, -0.05) is 0 Å². The molecule has 62 valence electrons. The smallest absolute Gasteiger partial charge is 0.102 e. The molecule has 2 nitrogen and oxygen atoms in total. The van der Waals surface area contributed by atoms with Gasteiger partial charge >= 0.3 is 0 Å². The molecule has 0 spiro atoms. The molecule has 10 heavy (non-hydrogen) atoms. The Bertz CT molecular complexity index is 89.8. The number of hydrogen-bond donors (Lipinski definition) is 1. The fourth-order valence-corrected chi connectivity index (χ4v) is 1.19. The molecule has 0 bridgehead atoms. The van der Waals surface area contributed by atoms with E-state index in [2.05, 4.69) is 4.90 Å². The van der Waals surface area contributed by atoms with Gasteiger partial charge in [-0.3, -0.25) is 4.90 Å². The Morgan fingerprint density at radius 1 is 1.60 bits per heavy atom. The highest BCUT2D eigenvalue weighted by molar-refractivity contribution is 5.85. The van der Waals surface area contributed by atoms with Crippen molar-refractivity contribution in [3.8, 4) is 0 Å². The lowest BCUT2D eigenvalue weighted by atomic mass is 10.3. The van der Waals surface area contributed by atoms with Crippen LogP contribution in [0.5, 0.6) is 0 Å². The van der Waals surface area contributed by atoms with Crippen molar-refractivity contribution < 1.29 is 4.39 Å². The number of nitrogens with two attached hydrogens (primary N) is 1. The minimum atomic E-state index is -0.243. The van der Waals surface area contributed by atoms with Crippen molar-refractivity contribution in [3.05, 3.63) is 0 Å². The molecule has 1 fully saturated rings. The highest BCUT2D eigenvalue weighted by Gasteiger charge is 2.17. The molecule has 4 heteroatoms. The molecule has 1 saturated heterocycles. The van der Waals surface area contributed by atoms with Crippen molar-refractivity contribution in [2.75, 3.05) is 26.3 Å². The maximum Gasteiger partial charge on any atom is 0.102 e. The molecule has 0 aromatic carbocycles. The summed E-state index contributed by atoms with van der Waals surface area (Å²) in [6, 6.07) is 0.288. The van der Waals surface area contributed by atoms with E-state index in [1.165, 1.54) is 0 Å². The van der Waals surface area contributed by atoms with Gasteiger partial charge in [0.05, 0.1) is 0 Å². The third-order valence-corrected chi connectivity index (χ3v) is 1.71. The molecule has 0 saturated carbocycles. The molecule has 1 atom stereocenters. The van der Waals surface area contributed by atoms with Gasteiger partial charge in [0, 0.05) is 19.1 Å². The quantitative estimate of drug-likeness (QED) is 0.648. The summed E-state index contributed by atoms with van der Waals surface area (Å²) in [5, 5.41) is 0. The molecule has 1 rings (SSSR count). The Labute approximate surface area is 67.0 Å². The first-order valence-electron chi connectivity index (χ1n) is 3.37. The largest absolute Gasteiger partial charge is 0.326 e. The summed E-state index contributed by atoms with van der Waals surface area (Å²) in [6.45, 7) is 2.18. The summed E-state index contributed by atoms with van der Waals surface area (Å²) in [7, 11) is 0. The lowest BCUT2D eigenvalue weighted by molar-refractivity contribution is 0.294. The van der Waals surface area contributed by atoms with Gasteiger partial charge in [0.15, 0.2) is 0 Å².